The van der Waals surface area contributed by atoms with Crippen LogP contribution in [0.4, 0.5) is 0 Å². The largest absolute Gasteiger partial charge is 0.497 e. The van der Waals surface area contributed by atoms with Crippen molar-refractivity contribution in [1.29, 1.82) is 0 Å². The Morgan fingerprint density at radius 2 is 1.55 bits per heavy atom. The zero-order valence-electron chi connectivity index (χ0n) is 19.2. The third kappa shape index (κ3) is 7.65. The molecule has 5 heteroatoms. The van der Waals surface area contributed by atoms with Crippen molar-refractivity contribution in [2.75, 3.05) is 20.8 Å². The average molecular weight is 443 g/mol. The lowest BCUT2D eigenvalue weighted by atomic mass is 9.97. The van der Waals surface area contributed by atoms with Crippen molar-refractivity contribution in [3.63, 3.8) is 0 Å². The van der Waals surface area contributed by atoms with Crippen LogP contribution >= 0.6 is 0 Å². The highest BCUT2D eigenvalue weighted by atomic mass is 16.5. The minimum absolute atomic E-state index is 0.101. The van der Waals surface area contributed by atoms with E-state index in [-0.39, 0.29) is 5.91 Å². The molecule has 0 unspecified atom stereocenters. The summed E-state index contributed by atoms with van der Waals surface area (Å²) in [5.41, 5.74) is 4.28. The van der Waals surface area contributed by atoms with Gasteiger partial charge in [-0.2, -0.15) is 0 Å². The van der Waals surface area contributed by atoms with E-state index in [4.69, 9.17) is 9.47 Å². The van der Waals surface area contributed by atoms with Gasteiger partial charge in [-0.1, -0.05) is 42.5 Å². The molecule has 33 heavy (non-hydrogen) atoms. The van der Waals surface area contributed by atoms with Gasteiger partial charge in [-0.05, 0) is 71.9 Å². The second-order valence-electron chi connectivity index (χ2n) is 7.51. The Hall–Kier alpha value is -3.86. The molecule has 2 aromatic carbocycles. The van der Waals surface area contributed by atoms with Crippen molar-refractivity contribution in [1.82, 2.24) is 10.3 Å². The first kappa shape index (κ1) is 23.8. The average Bonchev–Trinajstić information content (AvgIpc) is 2.87. The van der Waals surface area contributed by atoms with Crippen LogP contribution in [-0.2, 0) is 11.2 Å². The number of amides is 1. The van der Waals surface area contributed by atoms with Gasteiger partial charge in [0.2, 0.25) is 5.91 Å². The van der Waals surface area contributed by atoms with Gasteiger partial charge in [-0.25, -0.2) is 0 Å². The number of hydrogen-bond acceptors (Lipinski definition) is 4. The summed E-state index contributed by atoms with van der Waals surface area (Å²) in [5, 5.41) is 2.95. The smallest absolute Gasteiger partial charge is 0.243 e. The van der Waals surface area contributed by atoms with Crippen molar-refractivity contribution in [2.24, 2.45) is 0 Å². The van der Waals surface area contributed by atoms with E-state index in [0.717, 1.165) is 47.5 Å². The summed E-state index contributed by atoms with van der Waals surface area (Å²) < 4.78 is 10.5. The van der Waals surface area contributed by atoms with Crippen molar-refractivity contribution >= 4 is 11.5 Å². The molecule has 1 amide bonds. The number of hydrogen-bond donors (Lipinski definition) is 1. The second kappa shape index (κ2) is 12.9. The normalized spacial score (nSPS) is 10.6. The van der Waals surface area contributed by atoms with Crippen LogP contribution in [0.25, 0.3) is 5.57 Å². The molecule has 0 bridgehead atoms. The fraction of sp³-hybridized carbons (Fsp3) is 0.214. The number of nitrogens with one attached hydrogen (secondary N) is 1. The van der Waals surface area contributed by atoms with Crippen LogP contribution in [0, 0.1) is 0 Å². The van der Waals surface area contributed by atoms with Crippen molar-refractivity contribution in [2.45, 2.75) is 19.3 Å². The molecule has 3 aromatic rings. The first-order valence-corrected chi connectivity index (χ1v) is 11.0. The number of nitrogens with zero attached hydrogens (tertiary/aromatic N) is 1. The summed E-state index contributed by atoms with van der Waals surface area (Å²) in [7, 11) is 3.30. The summed E-state index contributed by atoms with van der Waals surface area (Å²) in [6.45, 7) is 0.650. The minimum atomic E-state index is -0.101. The lowest BCUT2D eigenvalue weighted by molar-refractivity contribution is -0.116. The van der Waals surface area contributed by atoms with Gasteiger partial charge in [0, 0.05) is 25.0 Å². The van der Waals surface area contributed by atoms with E-state index in [9.17, 15) is 4.79 Å². The van der Waals surface area contributed by atoms with E-state index in [0.29, 0.717) is 6.54 Å². The number of carbonyl (C=O) groups excluding carboxylic acids is 1. The highest BCUT2D eigenvalue weighted by molar-refractivity contribution is 5.89. The molecule has 0 radical (unpaired) electrons. The van der Waals surface area contributed by atoms with Crippen LogP contribution in [-0.4, -0.2) is 31.7 Å². The van der Waals surface area contributed by atoms with E-state index in [1.54, 1.807) is 32.6 Å². The Bertz CT molecular complexity index is 1010. The number of benzene rings is 2. The van der Waals surface area contributed by atoms with Crippen molar-refractivity contribution < 1.29 is 14.3 Å². The van der Waals surface area contributed by atoms with Crippen LogP contribution in [0.1, 0.15) is 29.5 Å². The zero-order chi connectivity index (χ0) is 23.3. The molecule has 170 valence electrons. The monoisotopic (exact) mass is 442 g/mol. The highest BCUT2D eigenvalue weighted by Crippen LogP contribution is 2.27. The van der Waals surface area contributed by atoms with Crippen LogP contribution in [0.3, 0.4) is 0 Å². The maximum atomic E-state index is 12.2. The number of carbonyl (C=O) groups is 1. The molecule has 0 aliphatic carbocycles. The molecular formula is C28H30N2O3. The molecule has 0 atom stereocenters. The van der Waals surface area contributed by atoms with Gasteiger partial charge in [0.1, 0.15) is 11.5 Å². The minimum Gasteiger partial charge on any atom is -0.497 e. The van der Waals surface area contributed by atoms with Crippen LogP contribution in [0.5, 0.6) is 11.5 Å². The van der Waals surface area contributed by atoms with E-state index >= 15 is 0 Å². The maximum absolute atomic E-state index is 12.2. The summed E-state index contributed by atoms with van der Waals surface area (Å²) in [5.74, 6) is 1.49. The first-order valence-electron chi connectivity index (χ1n) is 11.0. The van der Waals surface area contributed by atoms with Gasteiger partial charge in [-0.3, -0.25) is 9.78 Å². The summed E-state index contributed by atoms with van der Waals surface area (Å²) in [4.78, 5) is 16.4. The van der Waals surface area contributed by atoms with Crippen LogP contribution in [0.15, 0.2) is 91.3 Å². The number of aryl methyl sites for hydroxylation is 1. The molecule has 1 N–H and O–H groups in total. The molecule has 0 saturated carbocycles. The molecule has 0 fully saturated rings. The molecule has 0 saturated heterocycles. The maximum Gasteiger partial charge on any atom is 0.243 e. The molecule has 1 aromatic heterocycles. The molecule has 3 rings (SSSR count). The topological polar surface area (TPSA) is 60.5 Å². The Labute approximate surface area is 195 Å². The lowest BCUT2D eigenvalue weighted by Gasteiger charge is -2.10. The predicted molar refractivity (Wildman–Crippen MR) is 132 cm³/mol. The number of rotatable bonds is 11. The molecule has 5 nitrogen and oxygen atoms in total. The van der Waals surface area contributed by atoms with Gasteiger partial charge in [-0.15, -0.1) is 0 Å². The van der Waals surface area contributed by atoms with Gasteiger partial charge in [0.25, 0.3) is 0 Å². The zero-order valence-corrected chi connectivity index (χ0v) is 19.2. The molecule has 0 aliphatic heterocycles. The van der Waals surface area contributed by atoms with E-state index < -0.39 is 0 Å². The van der Waals surface area contributed by atoms with E-state index in [1.165, 1.54) is 5.56 Å². The van der Waals surface area contributed by atoms with Gasteiger partial charge >= 0.3 is 0 Å². The molecular weight excluding hydrogens is 412 g/mol. The SMILES string of the molecule is COc1ccc(C(=C/C=C/C(=O)NCCCCc2cccnc2)c2ccc(OC)cc2)cc1. The summed E-state index contributed by atoms with van der Waals surface area (Å²) >= 11 is 0. The van der Waals surface area contributed by atoms with Crippen LogP contribution < -0.4 is 14.8 Å². The van der Waals surface area contributed by atoms with Crippen molar-refractivity contribution in [3.05, 3.63) is 108 Å². The Kier molecular flexibility index (Phi) is 9.28. The van der Waals surface area contributed by atoms with Gasteiger partial charge < -0.3 is 14.8 Å². The molecule has 1 heterocycles. The second-order valence-corrected chi connectivity index (χ2v) is 7.51. The van der Waals surface area contributed by atoms with Gasteiger partial charge in [0.05, 0.1) is 14.2 Å². The number of allylic oxidation sites excluding steroid dienone is 2. The van der Waals surface area contributed by atoms with Crippen molar-refractivity contribution in [3.8, 4) is 11.5 Å². The Balaban J connectivity index is 1.60. The van der Waals surface area contributed by atoms with E-state index in [1.807, 2.05) is 66.9 Å². The third-order valence-electron chi connectivity index (χ3n) is 5.23. The summed E-state index contributed by atoms with van der Waals surface area (Å²) in [6.07, 6.45) is 11.9. The number of methoxy groups -OCH3 is 2. The quantitative estimate of drug-likeness (QED) is 0.251. The number of ether oxygens (including phenoxy) is 2. The fourth-order valence-corrected chi connectivity index (χ4v) is 3.40. The molecule has 0 aliphatic rings. The Morgan fingerprint density at radius 1 is 0.909 bits per heavy atom. The third-order valence-corrected chi connectivity index (χ3v) is 5.23. The Morgan fingerprint density at radius 3 is 2.09 bits per heavy atom. The standard InChI is InChI=1S/C28H30N2O3/c1-32-25-15-11-23(12-16-25)27(24-13-17-26(33-2)18-14-24)9-5-10-28(31)30-20-4-3-7-22-8-6-19-29-21-22/h5-6,8-19,21H,3-4,7,20H2,1-2H3,(H,30,31)/b10-5+. The number of pyridine rings is 1. The lowest BCUT2D eigenvalue weighted by Crippen LogP contribution is -2.22. The summed E-state index contributed by atoms with van der Waals surface area (Å²) in [6, 6.07) is 19.7. The fourth-order valence-electron chi connectivity index (χ4n) is 3.40. The predicted octanol–water partition coefficient (Wildman–Crippen LogP) is 5.23. The molecule has 0 spiro atoms. The van der Waals surface area contributed by atoms with E-state index in [2.05, 4.69) is 16.4 Å². The number of aromatic nitrogens is 1. The highest BCUT2D eigenvalue weighted by Gasteiger charge is 2.06. The first-order chi connectivity index (χ1) is 16.2. The van der Waals surface area contributed by atoms with Gasteiger partial charge in [0.15, 0.2) is 0 Å². The number of unbranched alkanes of at least 4 members (excludes halogenated alkanes) is 1. The van der Waals surface area contributed by atoms with Crippen LogP contribution in [0.2, 0.25) is 0 Å².